The molecular weight excluding hydrogens is 226 g/mol. The highest BCUT2D eigenvalue weighted by atomic mass is 16.5. The van der Waals surface area contributed by atoms with Crippen LogP contribution in [-0.4, -0.2) is 32.7 Å². The zero-order valence-electron chi connectivity index (χ0n) is 10.6. The van der Waals surface area contributed by atoms with E-state index in [0.29, 0.717) is 0 Å². The topological polar surface area (TPSA) is 28.1 Å². The van der Waals surface area contributed by atoms with Crippen molar-refractivity contribution in [2.24, 2.45) is 4.99 Å². The molecule has 1 aromatic rings. The molecule has 0 aromatic heterocycles. The minimum atomic E-state index is 0.786. The first-order chi connectivity index (χ1) is 8.85. The van der Waals surface area contributed by atoms with E-state index in [4.69, 9.17) is 4.74 Å². The summed E-state index contributed by atoms with van der Waals surface area (Å²) in [5, 5.41) is 0. The van der Waals surface area contributed by atoms with Crippen molar-refractivity contribution in [1.29, 1.82) is 0 Å². The first kappa shape index (κ1) is 11.1. The van der Waals surface area contributed by atoms with Gasteiger partial charge in [-0.1, -0.05) is 6.08 Å². The highest BCUT2D eigenvalue weighted by Gasteiger charge is 2.33. The molecule has 0 bridgehead atoms. The Bertz CT molecular complexity index is 510. The molecule has 3 rings (SSSR count). The molecule has 2 heterocycles. The minimum absolute atomic E-state index is 0.786. The lowest BCUT2D eigenvalue weighted by Crippen LogP contribution is -2.41. The summed E-state index contributed by atoms with van der Waals surface area (Å²) in [5.41, 5.74) is 2.38. The van der Waals surface area contributed by atoms with Crippen molar-refractivity contribution >= 4 is 17.3 Å². The van der Waals surface area contributed by atoms with Crippen LogP contribution in [0.25, 0.3) is 0 Å². The van der Waals surface area contributed by atoms with Crippen LogP contribution in [-0.2, 0) is 0 Å². The summed E-state index contributed by atoms with van der Waals surface area (Å²) >= 11 is 0. The van der Waals surface area contributed by atoms with E-state index in [1.54, 1.807) is 7.11 Å². The third-order valence-electron chi connectivity index (χ3n) is 3.35. The molecule has 0 aliphatic carbocycles. The van der Waals surface area contributed by atoms with E-state index < -0.39 is 0 Å². The van der Waals surface area contributed by atoms with Crippen molar-refractivity contribution in [1.82, 2.24) is 0 Å². The van der Waals surface area contributed by atoms with Crippen LogP contribution in [0.4, 0.5) is 11.4 Å². The summed E-state index contributed by atoms with van der Waals surface area (Å²) in [6.45, 7) is 6.54. The van der Waals surface area contributed by atoms with Gasteiger partial charge in [0.1, 0.15) is 5.75 Å². The van der Waals surface area contributed by atoms with Gasteiger partial charge >= 0.3 is 0 Å². The molecule has 0 fully saturated rings. The second-order valence-electron chi connectivity index (χ2n) is 4.44. The predicted octanol–water partition coefficient (Wildman–Crippen LogP) is 2.27. The number of hydrogen-bond acceptors (Lipinski definition) is 4. The number of hydrogen-bond donors (Lipinski definition) is 0. The summed E-state index contributed by atoms with van der Waals surface area (Å²) < 4.78 is 5.31. The molecule has 0 spiro atoms. The van der Waals surface area contributed by atoms with Crippen molar-refractivity contribution in [3.8, 4) is 5.75 Å². The number of methoxy groups -OCH3 is 1. The zero-order chi connectivity index (χ0) is 12.5. The minimum Gasteiger partial charge on any atom is -0.497 e. The van der Waals surface area contributed by atoms with Gasteiger partial charge in [0.15, 0.2) is 0 Å². The first-order valence-corrected chi connectivity index (χ1v) is 6.23. The van der Waals surface area contributed by atoms with Crippen LogP contribution < -0.4 is 14.5 Å². The fourth-order valence-corrected chi connectivity index (χ4v) is 2.54. The van der Waals surface area contributed by atoms with E-state index in [2.05, 4.69) is 33.5 Å². The van der Waals surface area contributed by atoms with Gasteiger partial charge in [-0.3, -0.25) is 4.99 Å². The molecular formula is C14H17N3O. The highest BCUT2D eigenvalue weighted by Crippen LogP contribution is 2.40. The summed E-state index contributed by atoms with van der Waals surface area (Å²) in [6, 6.07) is 6.17. The Kier molecular flexibility index (Phi) is 2.70. The summed E-state index contributed by atoms with van der Waals surface area (Å²) in [7, 11) is 1.70. The monoisotopic (exact) mass is 243 g/mol. The zero-order valence-corrected chi connectivity index (χ0v) is 10.6. The first-order valence-electron chi connectivity index (χ1n) is 6.23. The average Bonchev–Trinajstić information content (AvgIpc) is 2.74. The molecule has 4 heteroatoms. The van der Waals surface area contributed by atoms with Crippen molar-refractivity contribution < 1.29 is 4.74 Å². The van der Waals surface area contributed by atoms with E-state index in [1.165, 1.54) is 11.4 Å². The maximum absolute atomic E-state index is 5.31. The molecule has 4 nitrogen and oxygen atoms in total. The summed E-state index contributed by atoms with van der Waals surface area (Å²) in [4.78, 5) is 9.12. The van der Waals surface area contributed by atoms with Crippen LogP contribution in [0, 0.1) is 0 Å². The van der Waals surface area contributed by atoms with Crippen LogP contribution in [0.5, 0.6) is 5.75 Å². The summed E-state index contributed by atoms with van der Waals surface area (Å²) in [5.74, 6) is 1.93. The normalized spacial score (nSPS) is 17.1. The maximum atomic E-state index is 5.31. The number of rotatable bonds is 3. The third-order valence-corrected chi connectivity index (χ3v) is 3.35. The molecule has 2 aliphatic rings. The molecule has 0 amide bonds. The Labute approximate surface area is 107 Å². The molecule has 2 aliphatic heterocycles. The van der Waals surface area contributed by atoms with Crippen molar-refractivity contribution in [3.63, 3.8) is 0 Å². The number of ether oxygens (including phenoxy) is 1. The largest absolute Gasteiger partial charge is 0.497 e. The second-order valence-corrected chi connectivity index (χ2v) is 4.44. The number of fused-ring (bicyclic) bond motifs is 3. The SMILES string of the molecule is C=CCN1C2=NCCCN2c2cc(OC)ccc21. The van der Waals surface area contributed by atoms with E-state index in [9.17, 15) is 0 Å². The molecule has 94 valence electrons. The van der Waals surface area contributed by atoms with E-state index >= 15 is 0 Å². The van der Waals surface area contributed by atoms with E-state index in [-0.39, 0.29) is 0 Å². The van der Waals surface area contributed by atoms with Gasteiger partial charge in [-0.15, -0.1) is 6.58 Å². The standard InChI is InChI=1S/C14H17N3O/c1-3-8-16-12-6-5-11(18-2)10-13(12)17-9-4-7-15-14(16)17/h3,5-6,10H,1,4,7-9H2,2H3. The number of benzene rings is 1. The molecule has 18 heavy (non-hydrogen) atoms. The molecule has 0 atom stereocenters. The number of anilines is 2. The Morgan fingerprint density at radius 2 is 2.33 bits per heavy atom. The highest BCUT2D eigenvalue weighted by molar-refractivity contribution is 6.16. The van der Waals surface area contributed by atoms with E-state index in [0.717, 1.165) is 37.8 Å². The molecule has 0 N–H and O–H groups in total. The number of aliphatic imine (C=N–C) groups is 1. The predicted molar refractivity (Wildman–Crippen MR) is 74.8 cm³/mol. The molecule has 0 saturated heterocycles. The van der Waals surface area contributed by atoms with Gasteiger partial charge in [0, 0.05) is 25.7 Å². The third kappa shape index (κ3) is 1.56. The van der Waals surface area contributed by atoms with Crippen molar-refractivity contribution in [2.75, 3.05) is 36.5 Å². The van der Waals surface area contributed by atoms with Gasteiger partial charge < -0.3 is 14.5 Å². The number of guanidine groups is 1. The van der Waals surface area contributed by atoms with E-state index in [1.807, 2.05) is 12.1 Å². The maximum Gasteiger partial charge on any atom is 0.206 e. The quantitative estimate of drug-likeness (QED) is 0.762. The Morgan fingerprint density at radius 3 is 3.11 bits per heavy atom. The molecule has 0 unspecified atom stereocenters. The van der Waals surface area contributed by atoms with Crippen LogP contribution in [0.3, 0.4) is 0 Å². The Hall–Kier alpha value is -1.97. The smallest absolute Gasteiger partial charge is 0.206 e. The second kappa shape index (κ2) is 4.37. The van der Waals surface area contributed by atoms with Gasteiger partial charge in [0.25, 0.3) is 0 Å². The summed E-state index contributed by atoms with van der Waals surface area (Å²) in [6.07, 6.45) is 3.01. The van der Waals surface area contributed by atoms with Gasteiger partial charge in [0.2, 0.25) is 5.96 Å². The Morgan fingerprint density at radius 1 is 1.44 bits per heavy atom. The lowest BCUT2D eigenvalue weighted by Gasteiger charge is -2.26. The van der Waals surface area contributed by atoms with Crippen molar-refractivity contribution in [2.45, 2.75) is 6.42 Å². The van der Waals surface area contributed by atoms with Crippen LogP contribution >= 0.6 is 0 Å². The number of nitrogens with zero attached hydrogens (tertiary/aromatic N) is 3. The van der Waals surface area contributed by atoms with Crippen LogP contribution in [0.15, 0.2) is 35.8 Å². The Balaban J connectivity index is 2.09. The van der Waals surface area contributed by atoms with Gasteiger partial charge in [-0.2, -0.15) is 0 Å². The lowest BCUT2D eigenvalue weighted by atomic mass is 10.2. The van der Waals surface area contributed by atoms with Crippen LogP contribution in [0.1, 0.15) is 6.42 Å². The average molecular weight is 243 g/mol. The molecule has 1 aromatic carbocycles. The van der Waals surface area contributed by atoms with Crippen LogP contribution in [0.2, 0.25) is 0 Å². The fourth-order valence-electron chi connectivity index (χ4n) is 2.54. The van der Waals surface area contributed by atoms with Gasteiger partial charge in [0.05, 0.1) is 18.5 Å². The van der Waals surface area contributed by atoms with Crippen molar-refractivity contribution in [3.05, 3.63) is 30.9 Å². The fraction of sp³-hybridized carbons (Fsp3) is 0.357. The van der Waals surface area contributed by atoms with Gasteiger partial charge in [-0.05, 0) is 18.6 Å². The lowest BCUT2D eigenvalue weighted by molar-refractivity contribution is 0.415. The molecule has 0 radical (unpaired) electrons. The van der Waals surface area contributed by atoms with Gasteiger partial charge in [-0.25, -0.2) is 0 Å². The molecule has 0 saturated carbocycles.